The quantitative estimate of drug-likeness (QED) is 0.426. The first-order chi connectivity index (χ1) is 18.8. The van der Waals surface area contributed by atoms with E-state index in [1.54, 1.807) is 41.8 Å². The second-order valence-electron chi connectivity index (χ2n) is 9.83. The summed E-state index contributed by atoms with van der Waals surface area (Å²) in [5.74, 6) is -1.28. The van der Waals surface area contributed by atoms with Gasteiger partial charge in [0.15, 0.2) is 5.78 Å². The summed E-state index contributed by atoms with van der Waals surface area (Å²) in [6, 6.07) is 12.3. The van der Waals surface area contributed by atoms with Crippen LogP contribution < -0.4 is 5.32 Å². The number of carbonyl (C=O) groups is 3. The van der Waals surface area contributed by atoms with E-state index in [9.17, 15) is 22.8 Å². The molecule has 9 nitrogen and oxygen atoms in total. The molecule has 0 saturated carbocycles. The number of carbonyl (C=O) groups excluding carboxylic acids is 3. The first-order valence-corrected chi connectivity index (χ1v) is 15.4. The lowest BCUT2D eigenvalue weighted by molar-refractivity contribution is -0.138. The first-order valence-electron chi connectivity index (χ1n) is 12.9. The lowest BCUT2D eigenvalue weighted by Crippen LogP contribution is -2.52. The largest absolute Gasteiger partial charge is 0.340 e. The van der Waals surface area contributed by atoms with Crippen LogP contribution in [-0.4, -0.2) is 71.4 Å². The van der Waals surface area contributed by atoms with Crippen LogP contribution in [0.3, 0.4) is 0 Å². The highest BCUT2D eigenvalue weighted by atomic mass is 32.2. The lowest BCUT2D eigenvalue weighted by atomic mass is 10.1. The Morgan fingerprint density at radius 1 is 1.15 bits per heavy atom. The number of hydrogen-bond donors (Lipinski definition) is 1. The Bertz CT molecular complexity index is 1440. The van der Waals surface area contributed by atoms with Crippen LogP contribution in [0.4, 0.5) is 0 Å². The minimum Gasteiger partial charge on any atom is -0.340 e. The van der Waals surface area contributed by atoms with Crippen LogP contribution in [0.2, 0.25) is 0 Å². The number of hydrogen-bond acceptors (Lipinski definition) is 7. The fourth-order valence-corrected chi connectivity index (χ4v) is 7.82. The van der Waals surface area contributed by atoms with Gasteiger partial charge in [-0.2, -0.15) is 4.31 Å². The van der Waals surface area contributed by atoms with E-state index in [4.69, 9.17) is 0 Å². The van der Waals surface area contributed by atoms with Crippen molar-refractivity contribution < 1.29 is 22.8 Å². The second-order valence-corrected chi connectivity index (χ2v) is 12.7. The highest BCUT2D eigenvalue weighted by Gasteiger charge is 2.54. The summed E-state index contributed by atoms with van der Waals surface area (Å²) >= 11 is 1.61. The minimum atomic E-state index is -3.79. The maximum Gasteiger partial charge on any atom is 0.251 e. The second kappa shape index (κ2) is 11.4. The van der Waals surface area contributed by atoms with Crippen LogP contribution in [0.1, 0.15) is 42.1 Å². The van der Waals surface area contributed by atoms with Gasteiger partial charge >= 0.3 is 0 Å². The Hall–Kier alpha value is -3.41. The predicted octanol–water partition coefficient (Wildman–Crippen LogP) is 3.09. The van der Waals surface area contributed by atoms with Crippen LogP contribution in [-0.2, 0) is 25.4 Å². The van der Waals surface area contributed by atoms with E-state index >= 15 is 0 Å². The molecule has 3 aromatic rings. The Labute approximate surface area is 231 Å². The molecule has 2 aliphatic heterocycles. The SMILES string of the molecule is CCCC(NC(=O)c1ccc(-c2cccs2)cc1)C(=O)N1CCC2C1C(=O)CN2S(=O)(=O)Cc1cccnc1. The molecular weight excluding hydrogens is 536 g/mol. The van der Waals surface area contributed by atoms with Crippen molar-refractivity contribution in [2.75, 3.05) is 13.1 Å². The summed E-state index contributed by atoms with van der Waals surface area (Å²) < 4.78 is 27.6. The third-order valence-electron chi connectivity index (χ3n) is 7.22. The molecule has 0 bridgehead atoms. The van der Waals surface area contributed by atoms with Gasteiger partial charge < -0.3 is 10.2 Å². The highest BCUT2D eigenvalue weighted by molar-refractivity contribution is 7.88. The summed E-state index contributed by atoms with van der Waals surface area (Å²) in [6.07, 6.45) is 4.48. The summed E-state index contributed by atoms with van der Waals surface area (Å²) in [7, 11) is -3.79. The zero-order valence-corrected chi connectivity index (χ0v) is 23.2. The molecular formula is C28H30N4O5S2. The monoisotopic (exact) mass is 566 g/mol. The van der Waals surface area contributed by atoms with Gasteiger partial charge in [0.05, 0.1) is 18.3 Å². The van der Waals surface area contributed by atoms with Crippen molar-refractivity contribution >= 4 is 39.0 Å². The summed E-state index contributed by atoms with van der Waals surface area (Å²) in [4.78, 5) is 46.3. The number of benzene rings is 1. The Morgan fingerprint density at radius 3 is 2.62 bits per heavy atom. The van der Waals surface area contributed by atoms with E-state index in [-0.39, 0.29) is 36.4 Å². The fraction of sp³-hybridized carbons (Fsp3) is 0.357. The number of fused-ring (bicyclic) bond motifs is 1. The van der Waals surface area contributed by atoms with E-state index in [1.165, 1.54) is 15.4 Å². The average Bonchev–Trinajstić information content (AvgIpc) is 3.68. The highest BCUT2D eigenvalue weighted by Crippen LogP contribution is 2.33. The van der Waals surface area contributed by atoms with Gasteiger partial charge in [0.1, 0.15) is 12.1 Å². The van der Waals surface area contributed by atoms with Gasteiger partial charge in [0.25, 0.3) is 5.91 Å². The molecule has 3 unspecified atom stereocenters. The number of ketones is 1. The molecule has 0 spiro atoms. The smallest absolute Gasteiger partial charge is 0.251 e. The number of nitrogens with one attached hydrogen (secondary N) is 1. The van der Waals surface area contributed by atoms with Gasteiger partial charge in [-0.15, -0.1) is 11.3 Å². The number of Topliss-reactive ketones (excluding diaryl/α,β-unsaturated/α-hetero) is 1. The van der Waals surface area contributed by atoms with Gasteiger partial charge in [0, 0.05) is 29.4 Å². The van der Waals surface area contributed by atoms with Gasteiger partial charge in [-0.1, -0.05) is 37.6 Å². The van der Waals surface area contributed by atoms with Gasteiger partial charge in [0.2, 0.25) is 15.9 Å². The number of thiophene rings is 1. The molecule has 11 heteroatoms. The molecule has 39 heavy (non-hydrogen) atoms. The van der Waals surface area contributed by atoms with Crippen LogP contribution in [0.25, 0.3) is 10.4 Å². The van der Waals surface area contributed by atoms with Crippen molar-refractivity contribution in [2.45, 2.75) is 50.1 Å². The minimum absolute atomic E-state index is 0.254. The van der Waals surface area contributed by atoms with E-state index in [1.807, 2.05) is 36.6 Å². The standard InChI is InChI=1S/C28H30N4O5S2/c1-2-5-22(30-27(34)21-10-8-20(9-11-21)25-7-4-15-38-25)28(35)31-14-12-23-26(31)24(33)17-32(23)39(36,37)18-19-6-3-13-29-16-19/h3-4,6-11,13,15-16,22-23,26H,2,5,12,14,17-18H2,1H3,(H,30,34). The van der Waals surface area contributed by atoms with Crippen LogP contribution in [0.15, 0.2) is 66.3 Å². The van der Waals surface area contributed by atoms with Crippen molar-refractivity contribution in [1.29, 1.82) is 0 Å². The van der Waals surface area contributed by atoms with E-state index in [0.717, 1.165) is 10.4 Å². The number of pyridine rings is 1. The van der Waals surface area contributed by atoms with Gasteiger partial charge in [-0.3, -0.25) is 19.4 Å². The number of sulfonamides is 1. The number of nitrogens with zero attached hydrogens (tertiary/aromatic N) is 3. The maximum atomic E-state index is 13.6. The molecule has 0 radical (unpaired) electrons. The summed E-state index contributed by atoms with van der Waals surface area (Å²) in [6.45, 7) is 1.91. The average molecular weight is 567 g/mol. The Balaban J connectivity index is 1.28. The lowest BCUT2D eigenvalue weighted by Gasteiger charge is -2.28. The molecule has 2 fully saturated rings. The summed E-state index contributed by atoms with van der Waals surface area (Å²) in [5, 5.41) is 4.85. The van der Waals surface area contributed by atoms with Crippen molar-refractivity contribution in [1.82, 2.24) is 19.5 Å². The fourth-order valence-electron chi connectivity index (χ4n) is 5.38. The summed E-state index contributed by atoms with van der Waals surface area (Å²) in [5.41, 5.74) is 1.98. The van der Waals surface area contributed by atoms with Crippen LogP contribution >= 0.6 is 11.3 Å². The molecule has 2 saturated heterocycles. The molecule has 2 aliphatic rings. The normalized spacial score (nSPS) is 20.1. The number of rotatable bonds is 9. The Morgan fingerprint density at radius 2 is 1.95 bits per heavy atom. The predicted molar refractivity (Wildman–Crippen MR) is 148 cm³/mol. The molecule has 4 heterocycles. The van der Waals surface area contributed by atoms with Crippen molar-refractivity contribution in [3.8, 4) is 10.4 Å². The molecule has 0 aliphatic carbocycles. The first kappa shape index (κ1) is 27.2. The van der Waals surface area contributed by atoms with Crippen molar-refractivity contribution in [3.05, 3.63) is 77.4 Å². The van der Waals surface area contributed by atoms with Crippen LogP contribution in [0.5, 0.6) is 0 Å². The maximum absolute atomic E-state index is 13.6. The zero-order chi connectivity index (χ0) is 27.6. The van der Waals surface area contributed by atoms with Crippen LogP contribution in [0, 0.1) is 0 Å². The number of likely N-dealkylation sites (tertiary alicyclic amines) is 1. The topological polar surface area (TPSA) is 117 Å². The molecule has 204 valence electrons. The molecule has 1 N–H and O–H groups in total. The van der Waals surface area contributed by atoms with E-state index in [2.05, 4.69) is 10.3 Å². The van der Waals surface area contributed by atoms with Crippen molar-refractivity contribution in [2.24, 2.45) is 0 Å². The third-order valence-corrected chi connectivity index (χ3v) is 9.95. The molecule has 1 aromatic carbocycles. The molecule has 3 atom stereocenters. The van der Waals surface area contributed by atoms with Gasteiger partial charge in [-0.25, -0.2) is 8.42 Å². The zero-order valence-electron chi connectivity index (χ0n) is 21.5. The number of aromatic nitrogens is 1. The van der Waals surface area contributed by atoms with E-state index in [0.29, 0.717) is 30.4 Å². The molecule has 2 amide bonds. The third kappa shape index (κ3) is 5.66. The van der Waals surface area contributed by atoms with E-state index < -0.39 is 28.1 Å². The molecule has 5 rings (SSSR count). The van der Waals surface area contributed by atoms with Gasteiger partial charge in [-0.05, 0) is 53.6 Å². The number of amides is 2. The Kier molecular flexibility index (Phi) is 7.92. The molecule has 2 aromatic heterocycles. The van der Waals surface area contributed by atoms with Crippen molar-refractivity contribution in [3.63, 3.8) is 0 Å².